The van der Waals surface area contributed by atoms with Crippen LogP contribution in [0.2, 0.25) is 0 Å². The molecule has 0 aliphatic heterocycles. The highest BCUT2D eigenvalue weighted by molar-refractivity contribution is 5.46. The maximum absolute atomic E-state index is 9.34. The summed E-state index contributed by atoms with van der Waals surface area (Å²) in [5.74, 6) is 0.160. The van der Waals surface area contributed by atoms with Gasteiger partial charge in [-0.15, -0.1) is 0 Å². The molecule has 2 aromatic rings. The molecule has 2 rings (SSSR count). The number of rotatable bonds is 3. The standard InChI is InChI=1S/C15H19NO/c1-11(10-17)14-6-4-5-7-15(14)16-12(2)8-9-13(16)3/h4-9,11,17H,10H2,1-3H3. The molecule has 1 aromatic heterocycles. The Morgan fingerprint density at radius 1 is 1.06 bits per heavy atom. The zero-order chi connectivity index (χ0) is 12.4. The highest BCUT2D eigenvalue weighted by Crippen LogP contribution is 2.25. The molecule has 1 N–H and O–H groups in total. The van der Waals surface area contributed by atoms with E-state index in [0.29, 0.717) is 0 Å². The van der Waals surface area contributed by atoms with Gasteiger partial charge in [0, 0.05) is 29.6 Å². The summed E-state index contributed by atoms with van der Waals surface area (Å²) in [4.78, 5) is 0. The van der Waals surface area contributed by atoms with Crippen LogP contribution < -0.4 is 0 Å². The minimum Gasteiger partial charge on any atom is -0.396 e. The molecule has 1 unspecified atom stereocenters. The smallest absolute Gasteiger partial charge is 0.0497 e. The van der Waals surface area contributed by atoms with Crippen molar-refractivity contribution in [1.29, 1.82) is 0 Å². The van der Waals surface area contributed by atoms with Crippen LogP contribution in [-0.4, -0.2) is 16.3 Å². The number of benzene rings is 1. The van der Waals surface area contributed by atoms with Crippen molar-refractivity contribution in [3.63, 3.8) is 0 Å². The van der Waals surface area contributed by atoms with Crippen LogP contribution in [-0.2, 0) is 0 Å². The Kier molecular flexibility index (Phi) is 3.34. The van der Waals surface area contributed by atoms with Crippen molar-refractivity contribution < 1.29 is 5.11 Å². The Morgan fingerprint density at radius 3 is 2.24 bits per heavy atom. The van der Waals surface area contributed by atoms with Crippen molar-refractivity contribution >= 4 is 0 Å². The molecular formula is C15H19NO. The van der Waals surface area contributed by atoms with Crippen molar-refractivity contribution in [3.05, 3.63) is 53.3 Å². The van der Waals surface area contributed by atoms with E-state index in [2.05, 4.69) is 42.7 Å². The summed E-state index contributed by atoms with van der Waals surface area (Å²) >= 11 is 0. The summed E-state index contributed by atoms with van der Waals surface area (Å²) in [6.07, 6.45) is 0. The molecule has 0 bridgehead atoms. The molecule has 1 aromatic carbocycles. The Bertz CT molecular complexity index is 494. The van der Waals surface area contributed by atoms with E-state index in [9.17, 15) is 5.11 Å². The van der Waals surface area contributed by atoms with E-state index in [4.69, 9.17) is 0 Å². The van der Waals surface area contributed by atoms with Crippen molar-refractivity contribution in [2.45, 2.75) is 26.7 Å². The number of hydrogen-bond donors (Lipinski definition) is 1. The first-order chi connectivity index (χ1) is 8.15. The summed E-state index contributed by atoms with van der Waals surface area (Å²) in [6.45, 7) is 6.43. The second-order valence-electron chi connectivity index (χ2n) is 4.59. The molecular weight excluding hydrogens is 210 g/mol. The Hall–Kier alpha value is -1.54. The Labute approximate surface area is 103 Å². The third kappa shape index (κ3) is 2.13. The lowest BCUT2D eigenvalue weighted by Crippen LogP contribution is -2.07. The molecule has 0 radical (unpaired) electrons. The molecule has 1 atom stereocenters. The van der Waals surface area contributed by atoms with E-state index in [0.717, 1.165) is 0 Å². The number of nitrogens with zero attached hydrogens (tertiary/aromatic N) is 1. The number of aliphatic hydroxyl groups excluding tert-OH is 1. The highest BCUT2D eigenvalue weighted by Gasteiger charge is 2.12. The molecule has 0 saturated heterocycles. The van der Waals surface area contributed by atoms with E-state index in [1.165, 1.54) is 22.6 Å². The average molecular weight is 229 g/mol. The lowest BCUT2D eigenvalue weighted by molar-refractivity contribution is 0.273. The molecule has 0 aliphatic carbocycles. The van der Waals surface area contributed by atoms with Crippen molar-refractivity contribution in [3.8, 4) is 5.69 Å². The summed E-state index contributed by atoms with van der Waals surface area (Å²) < 4.78 is 2.24. The molecule has 0 saturated carbocycles. The zero-order valence-electron chi connectivity index (χ0n) is 10.6. The minimum atomic E-state index is 0.160. The normalized spacial score (nSPS) is 12.7. The van der Waals surface area contributed by atoms with Gasteiger partial charge < -0.3 is 9.67 Å². The molecule has 2 heteroatoms. The second kappa shape index (κ2) is 4.76. The van der Waals surface area contributed by atoms with Gasteiger partial charge in [-0.1, -0.05) is 25.1 Å². The lowest BCUT2D eigenvalue weighted by Gasteiger charge is -2.18. The van der Waals surface area contributed by atoms with Gasteiger partial charge in [-0.2, -0.15) is 0 Å². The fourth-order valence-corrected chi connectivity index (χ4v) is 2.25. The van der Waals surface area contributed by atoms with Gasteiger partial charge in [-0.3, -0.25) is 0 Å². The van der Waals surface area contributed by atoms with Crippen molar-refractivity contribution in [2.24, 2.45) is 0 Å². The van der Waals surface area contributed by atoms with Crippen LogP contribution in [0.4, 0.5) is 0 Å². The van der Waals surface area contributed by atoms with Crippen molar-refractivity contribution in [2.75, 3.05) is 6.61 Å². The predicted molar refractivity (Wildman–Crippen MR) is 70.7 cm³/mol. The molecule has 0 spiro atoms. The quantitative estimate of drug-likeness (QED) is 0.859. The van der Waals surface area contributed by atoms with Gasteiger partial charge in [0.25, 0.3) is 0 Å². The third-order valence-electron chi connectivity index (χ3n) is 3.25. The van der Waals surface area contributed by atoms with Crippen LogP contribution >= 0.6 is 0 Å². The van der Waals surface area contributed by atoms with Gasteiger partial charge in [-0.05, 0) is 37.6 Å². The fourth-order valence-electron chi connectivity index (χ4n) is 2.25. The fraction of sp³-hybridized carbons (Fsp3) is 0.333. The number of hydrogen-bond acceptors (Lipinski definition) is 1. The largest absolute Gasteiger partial charge is 0.396 e. The number of aryl methyl sites for hydroxylation is 2. The lowest BCUT2D eigenvalue weighted by atomic mass is 10.00. The molecule has 0 amide bonds. The molecule has 2 nitrogen and oxygen atoms in total. The minimum absolute atomic E-state index is 0.160. The summed E-state index contributed by atoms with van der Waals surface area (Å²) in [7, 11) is 0. The van der Waals surface area contributed by atoms with E-state index in [1.807, 2.05) is 19.1 Å². The maximum atomic E-state index is 9.34. The van der Waals surface area contributed by atoms with Crippen LogP contribution in [0.5, 0.6) is 0 Å². The van der Waals surface area contributed by atoms with E-state index in [-0.39, 0.29) is 12.5 Å². The zero-order valence-corrected chi connectivity index (χ0v) is 10.6. The molecule has 0 aliphatic rings. The van der Waals surface area contributed by atoms with Crippen LogP contribution in [0.1, 0.15) is 29.8 Å². The molecule has 1 heterocycles. The van der Waals surface area contributed by atoms with Crippen molar-refractivity contribution in [1.82, 2.24) is 4.57 Å². The summed E-state index contributed by atoms with van der Waals surface area (Å²) in [5, 5.41) is 9.34. The number of aliphatic hydroxyl groups is 1. The van der Waals surface area contributed by atoms with Gasteiger partial charge in [0.15, 0.2) is 0 Å². The first-order valence-corrected chi connectivity index (χ1v) is 6.00. The van der Waals surface area contributed by atoms with Gasteiger partial charge in [0.05, 0.1) is 0 Å². The predicted octanol–water partition coefficient (Wildman–Crippen LogP) is 3.19. The number of aromatic nitrogens is 1. The Morgan fingerprint density at radius 2 is 1.65 bits per heavy atom. The maximum Gasteiger partial charge on any atom is 0.0497 e. The molecule has 90 valence electrons. The first kappa shape index (κ1) is 11.9. The topological polar surface area (TPSA) is 25.2 Å². The van der Waals surface area contributed by atoms with Gasteiger partial charge in [0.1, 0.15) is 0 Å². The van der Waals surface area contributed by atoms with Gasteiger partial charge >= 0.3 is 0 Å². The van der Waals surface area contributed by atoms with Crippen LogP contribution in [0, 0.1) is 13.8 Å². The molecule has 17 heavy (non-hydrogen) atoms. The van der Waals surface area contributed by atoms with Crippen LogP contribution in [0.15, 0.2) is 36.4 Å². The third-order valence-corrected chi connectivity index (χ3v) is 3.25. The van der Waals surface area contributed by atoms with E-state index < -0.39 is 0 Å². The average Bonchev–Trinajstić information content (AvgIpc) is 2.68. The van der Waals surface area contributed by atoms with Gasteiger partial charge in [-0.25, -0.2) is 0 Å². The van der Waals surface area contributed by atoms with E-state index >= 15 is 0 Å². The molecule has 0 fully saturated rings. The number of para-hydroxylation sites is 1. The second-order valence-corrected chi connectivity index (χ2v) is 4.59. The van der Waals surface area contributed by atoms with Crippen LogP contribution in [0.25, 0.3) is 5.69 Å². The SMILES string of the molecule is Cc1ccc(C)n1-c1ccccc1C(C)CO. The monoisotopic (exact) mass is 229 g/mol. The first-order valence-electron chi connectivity index (χ1n) is 6.00. The Balaban J connectivity index is 2.60. The summed E-state index contributed by atoms with van der Waals surface area (Å²) in [6, 6.07) is 12.5. The van der Waals surface area contributed by atoms with E-state index in [1.54, 1.807) is 0 Å². The highest BCUT2D eigenvalue weighted by atomic mass is 16.3. The van der Waals surface area contributed by atoms with Gasteiger partial charge in [0.2, 0.25) is 0 Å². The summed E-state index contributed by atoms with van der Waals surface area (Å²) in [5.41, 5.74) is 4.81. The van der Waals surface area contributed by atoms with Crippen LogP contribution in [0.3, 0.4) is 0 Å².